The van der Waals surface area contributed by atoms with E-state index in [0.29, 0.717) is 11.5 Å². The molecule has 0 aliphatic carbocycles. The van der Waals surface area contributed by atoms with E-state index < -0.39 is 0 Å². The van der Waals surface area contributed by atoms with Gasteiger partial charge in [0.05, 0.1) is 6.33 Å². The van der Waals surface area contributed by atoms with Gasteiger partial charge in [-0.1, -0.05) is 0 Å². The maximum absolute atomic E-state index is 5.66. The molecule has 18 heavy (non-hydrogen) atoms. The summed E-state index contributed by atoms with van der Waals surface area (Å²) in [5.41, 5.74) is 12.3. The molecule has 0 aliphatic heterocycles. The Labute approximate surface area is 103 Å². The summed E-state index contributed by atoms with van der Waals surface area (Å²) in [4.78, 5) is 15.3. The molecular weight excluding hydrogens is 230 g/mol. The Morgan fingerprint density at radius 3 is 2.67 bits per heavy atom. The van der Waals surface area contributed by atoms with Crippen molar-refractivity contribution in [2.75, 3.05) is 11.2 Å². The van der Waals surface area contributed by atoms with Crippen molar-refractivity contribution >= 4 is 22.9 Å². The molecule has 3 aromatic heterocycles. The highest BCUT2D eigenvalue weighted by molar-refractivity contribution is 5.83. The quantitative estimate of drug-likeness (QED) is 0.629. The van der Waals surface area contributed by atoms with Gasteiger partial charge < -0.3 is 10.7 Å². The lowest BCUT2D eigenvalue weighted by Gasteiger charge is -2.12. The van der Waals surface area contributed by atoms with Crippen LogP contribution < -0.4 is 11.2 Å². The number of hydrogen-bond donors (Lipinski definition) is 3. The largest absolute Gasteiger partial charge is 0.368 e. The summed E-state index contributed by atoms with van der Waals surface area (Å²) >= 11 is 0. The van der Waals surface area contributed by atoms with Crippen molar-refractivity contribution in [3.05, 3.63) is 29.8 Å². The number of nitrogens with two attached hydrogens (primary N) is 1. The summed E-state index contributed by atoms with van der Waals surface area (Å²) in [5, 5.41) is 0. The second-order valence-corrected chi connectivity index (χ2v) is 4.09. The number of nitrogens with one attached hydrogen (secondary N) is 2. The van der Waals surface area contributed by atoms with Gasteiger partial charge in [0.25, 0.3) is 0 Å². The number of aromatic nitrogens is 5. The molecule has 0 aliphatic rings. The van der Waals surface area contributed by atoms with Crippen molar-refractivity contribution in [3.63, 3.8) is 0 Å². The number of imidazole rings is 1. The van der Waals surface area contributed by atoms with Crippen LogP contribution >= 0.6 is 0 Å². The normalized spacial score (nSPS) is 11.0. The van der Waals surface area contributed by atoms with Gasteiger partial charge >= 0.3 is 0 Å². The van der Waals surface area contributed by atoms with Crippen molar-refractivity contribution in [1.29, 1.82) is 0 Å². The molecule has 7 heteroatoms. The minimum Gasteiger partial charge on any atom is -0.368 e. The Kier molecular flexibility index (Phi) is 2.19. The maximum atomic E-state index is 5.66. The van der Waals surface area contributed by atoms with E-state index in [-0.39, 0.29) is 5.95 Å². The van der Waals surface area contributed by atoms with Crippen molar-refractivity contribution < 1.29 is 0 Å². The highest BCUT2D eigenvalue weighted by atomic mass is 15.4. The number of nitrogens with zero attached hydrogens (tertiary/aromatic N) is 4. The molecule has 0 unspecified atom stereocenters. The van der Waals surface area contributed by atoms with Crippen molar-refractivity contribution in [3.8, 4) is 0 Å². The zero-order chi connectivity index (χ0) is 12.7. The van der Waals surface area contributed by atoms with Gasteiger partial charge in [0.2, 0.25) is 5.95 Å². The van der Waals surface area contributed by atoms with E-state index in [2.05, 4.69) is 25.4 Å². The monoisotopic (exact) mass is 243 g/mol. The molecule has 0 saturated heterocycles. The summed E-state index contributed by atoms with van der Waals surface area (Å²) in [7, 11) is 0. The summed E-state index contributed by atoms with van der Waals surface area (Å²) < 4.78 is 1.93. The lowest BCUT2D eigenvalue weighted by molar-refractivity contribution is 0.872. The first-order valence-corrected chi connectivity index (χ1v) is 5.54. The molecule has 7 nitrogen and oxygen atoms in total. The third kappa shape index (κ3) is 1.56. The number of nitrogen functional groups attached to an aromatic ring is 1. The van der Waals surface area contributed by atoms with Crippen LogP contribution in [0.1, 0.15) is 11.4 Å². The second kappa shape index (κ2) is 3.73. The van der Waals surface area contributed by atoms with Crippen LogP contribution in [-0.2, 0) is 0 Å². The molecule has 3 heterocycles. The van der Waals surface area contributed by atoms with Crippen LogP contribution in [0.5, 0.6) is 0 Å². The number of hydrogen-bond acceptors (Lipinski definition) is 5. The molecule has 3 rings (SSSR count). The zero-order valence-electron chi connectivity index (χ0n) is 10.1. The molecular formula is C11H13N7. The van der Waals surface area contributed by atoms with E-state index in [1.807, 2.05) is 30.7 Å². The van der Waals surface area contributed by atoms with E-state index in [4.69, 9.17) is 5.73 Å². The highest BCUT2D eigenvalue weighted by Crippen LogP contribution is 2.18. The third-order valence-electron chi connectivity index (χ3n) is 2.79. The van der Waals surface area contributed by atoms with Gasteiger partial charge in [-0.2, -0.15) is 9.97 Å². The number of H-pyrrole nitrogens is 1. The Hall–Kier alpha value is -2.57. The van der Waals surface area contributed by atoms with E-state index in [1.165, 1.54) is 0 Å². The molecule has 0 saturated carbocycles. The van der Waals surface area contributed by atoms with E-state index in [0.717, 1.165) is 16.9 Å². The molecule has 0 spiro atoms. The molecule has 0 aromatic carbocycles. The highest BCUT2D eigenvalue weighted by Gasteiger charge is 2.10. The summed E-state index contributed by atoms with van der Waals surface area (Å²) in [5.74, 6) is 0.803. The zero-order valence-corrected chi connectivity index (χ0v) is 10.1. The van der Waals surface area contributed by atoms with E-state index >= 15 is 0 Å². The minimum atomic E-state index is 0.194. The first-order valence-electron chi connectivity index (χ1n) is 5.54. The summed E-state index contributed by atoms with van der Waals surface area (Å²) in [6, 6.07) is 4.05. The molecule has 4 N–H and O–H groups in total. The first kappa shape index (κ1) is 10.6. The van der Waals surface area contributed by atoms with Gasteiger partial charge in [0.15, 0.2) is 11.5 Å². The first-order chi connectivity index (χ1) is 8.65. The molecule has 0 radical (unpaired) electrons. The van der Waals surface area contributed by atoms with Gasteiger partial charge in [0, 0.05) is 11.4 Å². The third-order valence-corrected chi connectivity index (χ3v) is 2.79. The molecule has 0 amide bonds. The molecule has 0 bridgehead atoms. The van der Waals surface area contributed by atoms with E-state index in [9.17, 15) is 0 Å². The molecule has 3 aromatic rings. The average Bonchev–Trinajstić information content (AvgIpc) is 2.90. The lowest BCUT2D eigenvalue weighted by atomic mass is 10.5. The topological polar surface area (TPSA) is 97.4 Å². The average molecular weight is 243 g/mol. The predicted octanol–water partition coefficient (Wildman–Crippen LogP) is 1.23. The van der Waals surface area contributed by atoms with Gasteiger partial charge in [-0.15, -0.1) is 0 Å². The van der Waals surface area contributed by atoms with Crippen LogP contribution in [0.15, 0.2) is 18.5 Å². The lowest BCUT2D eigenvalue weighted by Crippen LogP contribution is -2.14. The summed E-state index contributed by atoms with van der Waals surface area (Å²) in [6.45, 7) is 4.02. The van der Waals surface area contributed by atoms with Crippen molar-refractivity contribution in [2.45, 2.75) is 13.8 Å². The Balaban J connectivity index is 2.12. The van der Waals surface area contributed by atoms with Crippen LogP contribution in [0.2, 0.25) is 0 Å². The number of aromatic amines is 1. The fourth-order valence-corrected chi connectivity index (χ4v) is 1.88. The van der Waals surface area contributed by atoms with Crippen LogP contribution in [0.4, 0.5) is 11.8 Å². The molecule has 0 fully saturated rings. The van der Waals surface area contributed by atoms with Crippen LogP contribution in [0.25, 0.3) is 11.2 Å². The number of aryl methyl sites for hydroxylation is 2. The van der Waals surface area contributed by atoms with Crippen molar-refractivity contribution in [1.82, 2.24) is 24.6 Å². The Morgan fingerprint density at radius 2 is 1.94 bits per heavy atom. The van der Waals surface area contributed by atoms with Gasteiger partial charge in [-0.3, -0.25) is 10.1 Å². The summed E-state index contributed by atoms with van der Waals surface area (Å²) in [6.07, 6.45) is 1.57. The number of anilines is 2. The second-order valence-electron chi connectivity index (χ2n) is 4.09. The fourth-order valence-electron chi connectivity index (χ4n) is 1.88. The van der Waals surface area contributed by atoms with E-state index in [1.54, 1.807) is 6.33 Å². The fraction of sp³-hybridized carbons (Fsp3) is 0.182. The predicted molar refractivity (Wildman–Crippen MR) is 69.0 cm³/mol. The molecule has 92 valence electrons. The smallest absolute Gasteiger partial charge is 0.224 e. The number of fused-ring (bicyclic) bond motifs is 1. The molecule has 0 atom stereocenters. The SMILES string of the molecule is Cc1ccc(C)n1Nc1nc(N)nc2nc[nH]c12. The van der Waals surface area contributed by atoms with Gasteiger partial charge in [-0.25, -0.2) is 4.98 Å². The minimum absolute atomic E-state index is 0.194. The van der Waals surface area contributed by atoms with Gasteiger partial charge in [-0.05, 0) is 26.0 Å². The number of rotatable bonds is 2. The van der Waals surface area contributed by atoms with Crippen LogP contribution in [-0.4, -0.2) is 24.6 Å². The standard InChI is InChI=1S/C11H13N7/c1-6-3-4-7(2)18(6)17-10-8-9(14-5-13-8)15-11(12)16-10/h3-5H,1-2H3,(H4,12,13,14,15,16,17). The van der Waals surface area contributed by atoms with Gasteiger partial charge in [0.1, 0.15) is 5.52 Å². The van der Waals surface area contributed by atoms with Crippen molar-refractivity contribution in [2.24, 2.45) is 0 Å². The van der Waals surface area contributed by atoms with Crippen LogP contribution in [0, 0.1) is 13.8 Å². The van der Waals surface area contributed by atoms with Crippen LogP contribution in [0.3, 0.4) is 0 Å². The Morgan fingerprint density at radius 1 is 1.22 bits per heavy atom. The Bertz CT molecular complexity index is 690. The maximum Gasteiger partial charge on any atom is 0.224 e.